The van der Waals surface area contributed by atoms with Crippen LogP contribution in [0.2, 0.25) is 0 Å². The van der Waals surface area contributed by atoms with E-state index in [9.17, 15) is 9.90 Å². The van der Waals surface area contributed by atoms with Crippen molar-refractivity contribution in [3.8, 4) is 5.75 Å². The minimum Gasteiger partial charge on any atom is -0.497 e. The number of piperidine rings is 1. The summed E-state index contributed by atoms with van der Waals surface area (Å²) >= 11 is 0. The van der Waals surface area contributed by atoms with Crippen LogP contribution in [0, 0.1) is 12.3 Å². The normalized spacial score (nSPS) is 26.5. The Hall–Kier alpha value is -2.67. The Kier molecular flexibility index (Phi) is 5.08. The molecule has 2 aromatic rings. The highest BCUT2D eigenvalue weighted by molar-refractivity contribution is 5.87. The first kappa shape index (κ1) is 20.2. The number of rotatable bonds is 5. The zero-order valence-electron chi connectivity index (χ0n) is 18.2. The summed E-state index contributed by atoms with van der Waals surface area (Å²) in [6, 6.07) is 10.3. The van der Waals surface area contributed by atoms with Gasteiger partial charge in [0.15, 0.2) is 0 Å². The molecule has 31 heavy (non-hydrogen) atoms. The maximum Gasteiger partial charge on any atom is 0.233 e. The molecule has 0 saturated carbocycles. The Labute approximate surface area is 183 Å². The number of hydrogen-bond acceptors (Lipinski definition) is 6. The Balaban J connectivity index is 1.43. The van der Waals surface area contributed by atoms with Crippen molar-refractivity contribution in [2.75, 3.05) is 25.1 Å². The van der Waals surface area contributed by atoms with Crippen molar-refractivity contribution in [1.82, 2.24) is 14.9 Å². The summed E-state index contributed by atoms with van der Waals surface area (Å²) in [6.07, 6.45) is 5.37. The van der Waals surface area contributed by atoms with E-state index >= 15 is 0 Å². The Morgan fingerprint density at radius 1 is 1.19 bits per heavy atom. The quantitative estimate of drug-likeness (QED) is 0.797. The fourth-order valence-electron chi connectivity index (χ4n) is 5.71. The molecule has 164 valence electrons. The monoisotopic (exact) mass is 422 g/mol. The highest BCUT2D eigenvalue weighted by Gasteiger charge is 2.55. The maximum absolute atomic E-state index is 14.0. The van der Waals surface area contributed by atoms with Gasteiger partial charge in [0.2, 0.25) is 5.91 Å². The standard InChI is InChI=1S/C24H30N4O3/c1-16-8-22(26-15-25-16)27-13-24(14-27,12-17-4-3-5-21(9-17)31-2)23(30)28-18-6-7-19(28)11-20(29)10-18/h3-5,8-9,15,18-20,29H,6-7,10-14H2,1-2H3/t18-,19+,20?. The number of carbonyl (C=O) groups is 1. The van der Waals surface area contributed by atoms with E-state index in [4.69, 9.17) is 4.74 Å². The molecule has 1 aromatic heterocycles. The molecular formula is C24H30N4O3. The largest absolute Gasteiger partial charge is 0.497 e. The van der Waals surface area contributed by atoms with Gasteiger partial charge in [-0.25, -0.2) is 9.97 Å². The first-order chi connectivity index (χ1) is 15.0. The molecule has 1 aromatic carbocycles. The van der Waals surface area contributed by atoms with Gasteiger partial charge in [-0.15, -0.1) is 0 Å². The second-order valence-corrected chi connectivity index (χ2v) is 9.40. The summed E-state index contributed by atoms with van der Waals surface area (Å²) in [7, 11) is 1.67. The summed E-state index contributed by atoms with van der Waals surface area (Å²) in [6.45, 7) is 3.23. The summed E-state index contributed by atoms with van der Waals surface area (Å²) in [5.74, 6) is 1.92. The average Bonchev–Trinajstić information content (AvgIpc) is 3.01. The van der Waals surface area contributed by atoms with Gasteiger partial charge in [-0.2, -0.15) is 0 Å². The Morgan fingerprint density at radius 3 is 2.61 bits per heavy atom. The minimum atomic E-state index is -0.492. The van der Waals surface area contributed by atoms with E-state index in [1.807, 2.05) is 31.2 Å². The third-order valence-corrected chi connectivity index (χ3v) is 7.17. The van der Waals surface area contributed by atoms with Gasteiger partial charge in [0.1, 0.15) is 17.9 Å². The van der Waals surface area contributed by atoms with Gasteiger partial charge in [0.05, 0.1) is 18.6 Å². The number of anilines is 1. The van der Waals surface area contributed by atoms with Gasteiger partial charge in [-0.3, -0.25) is 4.79 Å². The second kappa shape index (κ2) is 7.79. The van der Waals surface area contributed by atoms with E-state index in [0.29, 0.717) is 32.4 Å². The number of aryl methyl sites for hydroxylation is 1. The molecular weight excluding hydrogens is 392 g/mol. The van der Waals surface area contributed by atoms with Crippen LogP contribution >= 0.6 is 0 Å². The smallest absolute Gasteiger partial charge is 0.233 e. The van der Waals surface area contributed by atoms with Gasteiger partial charge >= 0.3 is 0 Å². The topological polar surface area (TPSA) is 78.8 Å². The molecule has 1 amide bonds. The number of methoxy groups -OCH3 is 1. The van der Waals surface area contributed by atoms with E-state index in [1.165, 1.54) is 0 Å². The number of hydrogen-bond donors (Lipinski definition) is 1. The van der Waals surface area contributed by atoms with Gasteiger partial charge in [-0.1, -0.05) is 12.1 Å². The zero-order valence-corrected chi connectivity index (χ0v) is 18.2. The summed E-state index contributed by atoms with van der Waals surface area (Å²) in [4.78, 5) is 26.9. The molecule has 7 heteroatoms. The predicted molar refractivity (Wildman–Crippen MR) is 117 cm³/mol. The molecule has 2 bridgehead atoms. The maximum atomic E-state index is 14.0. The van der Waals surface area contributed by atoms with Crippen LogP contribution in [0.3, 0.4) is 0 Å². The lowest BCUT2D eigenvalue weighted by Gasteiger charge is -2.53. The van der Waals surface area contributed by atoms with Crippen molar-refractivity contribution in [2.45, 2.75) is 57.2 Å². The Morgan fingerprint density at radius 2 is 1.94 bits per heavy atom. The summed E-state index contributed by atoms with van der Waals surface area (Å²) < 4.78 is 5.41. The van der Waals surface area contributed by atoms with E-state index < -0.39 is 5.41 Å². The van der Waals surface area contributed by atoms with Crippen molar-refractivity contribution in [3.05, 3.63) is 47.9 Å². The molecule has 5 rings (SSSR count). The minimum absolute atomic E-state index is 0.166. The second-order valence-electron chi connectivity index (χ2n) is 9.40. The van der Waals surface area contributed by atoms with Crippen LogP contribution in [0.5, 0.6) is 5.75 Å². The van der Waals surface area contributed by atoms with E-state index in [0.717, 1.165) is 35.7 Å². The molecule has 0 radical (unpaired) electrons. The first-order valence-corrected chi connectivity index (χ1v) is 11.1. The van der Waals surface area contributed by atoms with Crippen LogP contribution in [0.25, 0.3) is 0 Å². The van der Waals surface area contributed by atoms with Crippen molar-refractivity contribution in [1.29, 1.82) is 0 Å². The predicted octanol–water partition coefficient (Wildman–Crippen LogP) is 2.36. The molecule has 3 aliphatic rings. The lowest BCUT2D eigenvalue weighted by atomic mass is 9.72. The highest BCUT2D eigenvalue weighted by atomic mass is 16.5. The molecule has 7 nitrogen and oxygen atoms in total. The molecule has 0 spiro atoms. The lowest BCUT2D eigenvalue weighted by Crippen LogP contribution is -2.67. The number of benzene rings is 1. The van der Waals surface area contributed by atoms with Crippen LogP contribution in [0.1, 0.15) is 36.9 Å². The number of aliphatic hydroxyl groups is 1. The molecule has 4 heterocycles. The van der Waals surface area contributed by atoms with Gasteiger partial charge in [-0.05, 0) is 56.7 Å². The molecule has 1 N–H and O–H groups in total. The van der Waals surface area contributed by atoms with Crippen molar-refractivity contribution in [2.24, 2.45) is 5.41 Å². The number of aromatic nitrogens is 2. The highest BCUT2D eigenvalue weighted by Crippen LogP contribution is 2.44. The third-order valence-electron chi connectivity index (χ3n) is 7.17. The number of fused-ring (bicyclic) bond motifs is 2. The number of ether oxygens (including phenoxy) is 1. The van der Waals surface area contributed by atoms with Crippen LogP contribution in [0.4, 0.5) is 5.82 Å². The summed E-state index contributed by atoms with van der Waals surface area (Å²) in [5.41, 5.74) is 1.54. The van der Waals surface area contributed by atoms with E-state index in [1.54, 1.807) is 13.4 Å². The fourth-order valence-corrected chi connectivity index (χ4v) is 5.71. The Bertz CT molecular complexity index is 961. The molecule has 3 saturated heterocycles. The lowest BCUT2D eigenvalue weighted by molar-refractivity contribution is -0.150. The number of carbonyl (C=O) groups excluding carboxylic acids is 1. The number of amides is 1. The molecule has 1 unspecified atom stereocenters. The van der Waals surface area contributed by atoms with Gasteiger partial charge < -0.3 is 19.6 Å². The van der Waals surface area contributed by atoms with Crippen LogP contribution in [0.15, 0.2) is 36.7 Å². The van der Waals surface area contributed by atoms with E-state index in [2.05, 4.69) is 25.8 Å². The van der Waals surface area contributed by atoms with E-state index in [-0.39, 0.29) is 24.1 Å². The van der Waals surface area contributed by atoms with Crippen molar-refractivity contribution < 1.29 is 14.6 Å². The van der Waals surface area contributed by atoms with Crippen molar-refractivity contribution >= 4 is 11.7 Å². The fraction of sp³-hybridized carbons (Fsp3) is 0.542. The molecule has 3 atom stereocenters. The van der Waals surface area contributed by atoms with Crippen LogP contribution < -0.4 is 9.64 Å². The first-order valence-electron chi connectivity index (χ1n) is 11.1. The third kappa shape index (κ3) is 3.65. The zero-order chi connectivity index (χ0) is 21.6. The summed E-state index contributed by atoms with van der Waals surface area (Å²) in [5, 5.41) is 10.2. The van der Waals surface area contributed by atoms with Crippen LogP contribution in [-0.4, -0.2) is 64.3 Å². The van der Waals surface area contributed by atoms with Crippen molar-refractivity contribution in [3.63, 3.8) is 0 Å². The number of aliphatic hydroxyl groups excluding tert-OH is 1. The molecule has 3 fully saturated rings. The van der Waals surface area contributed by atoms with Gasteiger partial charge in [0, 0.05) is 36.9 Å². The molecule has 0 aliphatic carbocycles. The van der Waals surface area contributed by atoms with Gasteiger partial charge in [0.25, 0.3) is 0 Å². The van der Waals surface area contributed by atoms with Crippen LogP contribution in [-0.2, 0) is 11.2 Å². The number of nitrogens with zero attached hydrogens (tertiary/aromatic N) is 4. The SMILES string of the molecule is COc1cccc(CC2(C(=O)N3[C@@H]4CC[C@H]3CC(O)C4)CN(c3cc(C)ncn3)C2)c1. The molecule has 3 aliphatic heterocycles. The average molecular weight is 423 g/mol.